The van der Waals surface area contributed by atoms with Gasteiger partial charge in [-0.3, -0.25) is 4.79 Å². The second-order valence-electron chi connectivity index (χ2n) is 7.89. The molecule has 0 radical (unpaired) electrons. The quantitative estimate of drug-likeness (QED) is 0.502. The molecule has 1 saturated heterocycles. The molecule has 3 atom stereocenters. The van der Waals surface area contributed by atoms with E-state index in [9.17, 15) is 4.79 Å². The zero-order chi connectivity index (χ0) is 20.1. The number of rotatable bonds is 8. The maximum Gasteiger partial charge on any atom is 0.305 e. The van der Waals surface area contributed by atoms with Crippen LogP contribution in [0.3, 0.4) is 0 Å². The highest BCUT2D eigenvalue weighted by molar-refractivity contribution is 5.67. The molecule has 0 spiro atoms. The van der Waals surface area contributed by atoms with E-state index in [4.69, 9.17) is 18.9 Å². The number of carbonyl (C=O) groups excluding carboxylic acids is 1. The first-order valence-corrected chi connectivity index (χ1v) is 10.3. The average Bonchev–Trinajstić information content (AvgIpc) is 2.94. The van der Waals surface area contributed by atoms with Crippen LogP contribution in [0.15, 0.2) is 18.2 Å². The summed E-state index contributed by atoms with van der Waals surface area (Å²) in [5, 5.41) is 0. The number of hydrogen-bond donors (Lipinski definition) is 0. The summed E-state index contributed by atoms with van der Waals surface area (Å²) < 4.78 is 24.4. The van der Waals surface area contributed by atoms with Crippen molar-refractivity contribution >= 4 is 5.97 Å². The van der Waals surface area contributed by atoms with Crippen LogP contribution in [0.5, 0.6) is 0 Å². The van der Waals surface area contributed by atoms with Gasteiger partial charge < -0.3 is 23.8 Å². The standard InChI is InChI=1S/C22H33NO5/c1-5-17-9-10-19-18(14-17)15-20(25-13-11-23(3)4)22(19,27-16(2)24)28-21-8-6-7-12-26-21/h9-10,14,20-21H,5-8,11-13,15H2,1-4H3. The number of nitrogens with zero attached hydrogens (tertiary/aromatic N) is 1. The molecule has 1 aliphatic carbocycles. The molecule has 0 bridgehead atoms. The summed E-state index contributed by atoms with van der Waals surface area (Å²) in [6.07, 6.45) is 3.65. The van der Waals surface area contributed by atoms with Crippen LogP contribution in [0.4, 0.5) is 0 Å². The highest BCUT2D eigenvalue weighted by Gasteiger charge is 2.54. The monoisotopic (exact) mass is 391 g/mol. The molecule has 0 saturated carbocycles. The lowest BCUT2D eigenvalue weighted by Gasteiger charge is -2.38. The molecular weight excluding hydrogens is 358 g/mol. The summed E-state index contributed by atoms with van der Waals surface area (Å²) in [6.45, 7) is 5.53. The van der Waals surface area contributed by atoms with Crippen molar-refractivity contribution in [2.45, 2.75) is 64.1 Å². The van der Waals surface area contributed by atoms with Gasteiger partial charge in [-0.25, -0.2) is 0 Å². The Balaban J connectivity index is 1.94. The Labute approximate surface area is 168 Å². The van der Waals surface area contributed by atoms with Gasteiger partial charge in [0.15, 0.2) is 6.29 Å². The summed E-state index contributed by atoms with van der Waals surface area (Å²) in [5.41, 5.74) is 3.24. The minimum atomic E-state index is -1.26. The van der Waals surface area contributed by atoms with Gasteiger partial charge in [-0.15, -0.1) is 0 Å². The molecule has 2 aliphatic rings. The van der Waals surface area contributed by atoms with Gasteiger partial charge in [-0.2, -0.15) is 0 Å². The predicted molar refractivity (Wildman–Crippen MR) is 106 cm³/mol. The Bertz CT molecular complexity index is 671. The summed E-state index contributed by atoms with van der Waals surface area (Å²) in [7, 11) is 4.01. The first kappa shape index (κ1) is 21.2. The minimum Gasteiger partial charge on any atom is -0.426 e. The molecular formula is C22H33NO5. The van der Waals surface area contributed by atoms with Crippen molar-refractivity contribution in [3.8, 4) is 0 Å². The first-order chi connectivity index (χ1) is 13.4. The molecule has 0 amide bonds. The third kappa shape index (κ3) is 4.74. The van der Waals surface area contributed by atoms with E-state index < -0.39 is 18.2 Å². The second-order valence-corrected chi connectivity index (χ2v) is 7.89. The molecule has 1 aromatic carbocycles. The van der Waals surface area contributed by atoms with Crippen molar-refractivity contribution in [1.29, 1.82) is 0 Å². The third-order valence-corrected chi connectivity index (χ3v) is 5.38. The predicted octanol–water partition coefficient (Wildman–Crippen LogP) is 3.01. The Kier molecular flexibility index (Phi) is 7.10. The van der Waals surface area contributed by atoms with Gasteiger partial charge in [0.25, 0.3) is 5.79 Å². The zero-order valence-electron chi connectivity index (χ0n) is 17.5. The Morgan fingerprint density at radius 3 is 2.79 bits per heavy atom. The van der Waals surface area contributed by atoms with E-state index in [1.165, 1.54) is 12.5 Å². The van der Waals surface area contributed by atoms with Crippen molar-refractivity contribution in [2.75, 3.05) is 33.9 Å². The molecule has 3 unspecified atom stereocenters. The summed E-state index contributed by atoms with van der Waals surface area (Å²) in [4.78, 5) is 14.2. The summed E-state index contributed by atoms with van der Waals surface area (Å²) >= 11 is 0. The lowest BCUT2D eigenvalue weighted by atomic mass is 10.0. The molecule has 1 aliphatic heterocycles. The van der Waals surface area contributed by atoms with Crippen LogP contribution in [-0.2, 0) is 42.4 Å². The number of esters is 1. The van der Waals surface area contributed by atoms with E-state index in [0.29, 0.717) is 19.6 Å². The van der Waals surface area contributed by atoms with Crippen LogP contribution in [0, 0.1) is 0 Å². The van der Waals surface area contributed by atoms with Crippen LogP contribution in [0.25, 0.3) is 0 Å². The van der Waals surface area contributed by atoms with Crippen LogP contribution in [0.1, 0.15) is 49.8 Å². The number of aryl methyl sites for hydroxylation is 1. The number of hydrogen-bond acceptors (Lipinski definition) is 6. The SMILES string of the molecule is CCc1ccc2c(c1)CC(OCCN(C)C)C2(OC(C)=O)OC1CCCCO1. The molecule has 3 rings (SSSR count). The van der Waals surface area contributed by atoms with E-state index in [-0.39, 0.29) is 5.97 Å². The Morgan fingerprint density at radius 2 is 2.14 bits per heavy atom. The fraction of sp³-hybridized carbons (Fsp3) is 0.682. The normalized spacial score (nSPS) is 27.0. The zero-order valence-corrected chi connectivity index (χ0v) is 17.5. The lowest BCUT2D eigenvalue weighted by Crippen LogP contribution is -2.48. The van der Waals surface area contributed by atoms with Crippen LogP contribution >= 0.6 is 0 Å². The number of likely N-dealkylation sites (N-methyl/N-ethyl adjacent to an activating group) is 1. The molecule has 1 fully saturated rings. The topological polar surface area (TPSA) is 57.2 Å². The van der Waals surface area contributed by atoms with Crippen molar-refractivity contribution < 1.29 is 23.7 Å². The van der Waals surface area contributed by atoms with E-state index >= 15 is 0 Å². The van der Waals surface area contributed by atoms with Gasteiger partial charge in [0.05, 0.1) is 6.61 Å². The fourth-order valence-corrected chi connectivity index (χ4v) is 3.93. The molecule has 0 aromatic heterocycles. The molecule has 156 valence electrons. The summed E-state index contributed by atoms with van der Waals surface area (Å²) in [5.74, 6) is -1.65. The van der Waals surface area contributed by atoms with Crippen molar-refractivity contribution in [1.82, 2.24) is 4.90 Å². The molecule has 1 aromatic rings. The largest absolute Gasteiger partial charge is 0.426 e. The van der Waals surface area contributed by atoms with Crippen LogP contribution < -0.4 is 0 Å². The first-order valence-electron chi connectivity index (χ1n) is 10.3. The number of ether oxygens (including phenoxy) is 4. The van der Waals surface area contributed by atoms with Crippen molar-refractivity contribution in [3.63, 3.8) is 0 Å². The minimum absolute atomic E-state index is 0.385. The average molecular weight is 392 g/mol. The molecule has 1 heterocycles. The smallest absolute Gasteiger partial charge is 0.305 e. The highest BCUT2D eigenvalue weighted by Crippen LogP contribution is 2.45. The number of carbonyl (C=O) groups is 1. The van der Waals surface area contributed by atoms with Crippen molar-refractivity contribution in [2.24, 2.45) is 0 Å². The number of fused-ring (bicyclic) bond motifs is 1. The van der Waals surface area contributed by atoms with E-state index in [1.807, 2.05) is 20.2 Å². The van der Waals surface area contributed by atoms with Gasteiger partial charge in [0, 0.05) is 32.1 Å². The third-order valence-electron chi connectivity index (χ3n) is 5.38. The van der Waals surface area contributed by atoms with Gasteiger partial charge in [0.2, 0.25) is 0 Å². The van der Waals surface area contributed by atoms with Gasteiger partial charge >= 0.3 is 5.97 Å². The van der Waals surface area contributed by atoms with Gasteiger partial charge in [-0.05, 0) is 50.9 Å². The van der Waals surface area contributed by atoms with Crippen molar-refractivity contribution in [3.05, 3.63) is 34.9 Å². The maximum absolute atomic E-state index is 12.1. The molecule has 0 N–H and O–H groups in total. The molecule has 6 nitrogen and oxygen atoms in total. The van der Waals surface area contributed by atoms with Crippen LogP contribution in [0.2, 0.25) is 0 Å². The maximum atomic E-state index is 12.1. The summed E-state index contributed by atoms with van der Waals surface area (Å²) in [6, 6.07) is 6.27. The van der Waals surface area contributed by atoms with E-state index in [1.54, 1.807) is 0 Å². The van der Waals surface area contributed by atoms with Gasteiger partial charge in [-0.1, -0.05) is 25.1 Å². The van der Waals surface area contributed by atoms with E-state index in [2.05, 4.69) is 24.0 Å². The molecule has 28 heavy (non-hydrogen) atoms. The fourth-order valence-electron chi connectivity index (χ4n) is 3.93. The van der Waals surface area contributed by atoms with Gasteiger partial charge in [0.1, 0.15) is 6.10 Å². The van der Waals surface area contributed by atoms with E-state index in [0.717, 1.165) is 43.4 Å². The second kappa shape index (κ2) is 9.35. The lowest BCUT2D eigenvalue weighted by molar-refractivity contribution is -0.340. The number of benzene rings is 1. The highest BCUT2D eigenvalue weighted by atomic mass is 16.8. The molecule has 6 heteroatoms. The van der Waals surface area contributed by atoms with Crippen LogP contribution in [-0.4, -0.2) is 57.1 Å². The Morgan fingerprint density at radius 1 is 1.32 bits per heavy atom. The Hall–Kier alpha value is -1.47.